The maximum Gasteiger partial charge on any atom is 0.302 e. The van der Waals surface area contributed by atoms with Gasteiger partial charge in [-0.1, -0.05) is 24.3 Å². The highest BCUT2D eigenvalue weighted by atomic mass is 32.2. The Morgan fingerprint density at radius 2 is 1.04 bits per heavy atom. The molecular formula is C18H18O6S. The third-order valence-corrected chi connectivity index (χ3v) is 5.14. The summed E-state index contributed by atoms with van der Waals surface area (Å²) < 4.78 is 35.0. The molecular weight excluding hydrogens is 344 g/mol. The van der Waals surface area contributed by atoms with E-state index in [0.29, 0.717) is 11.1 Å². The molecule has 0 heterocycles. The van der Waals surface area contributed by atoms with Gasteiger partial charge >= 0.3 is 11.9 Å². The van der Waals surface area contributed by atoms with Gasteiger partial charge < -0.3 is 9.47 Å². The Labute approximate surface area is 146 Å². The minimum absolute atomic E-state index is 0.0977. The molecule has 2 aromatic carbocycles. The fourth-order valence-corrected chi connectivity index (χ4v) is 3.30. The number of ether oxygens (including phenoxy) is 2. The van der Waals surface area contributed by atoms with Crippen molar-refractivity contribution in [2.45, 2.75) is 36.9 Å². The lowest BCUT2D eigenvalue weighted by molar-refractivity contribution is -0.143. The number of hydrogen-bond donors (Lipinski definition) is 0. The lowest BCUT2D eigenvalue weighted by atomic mass is 10.2. The quantitative estimate of drug-likeness (QED) is 0.734. The van der Waals surface area contributed by atoms with E-state index >= 15 is 0 Å². The Kier molecular flexibility index (Phi) is 5.93. The summed E-state index contributed by atoms with van der Waals surface area (Å²) in [5.41, 5.74) is 1.40. The number of carbonyl (C=O) groups is 2. The molecule has 0 radical (unpaired) electrons. The minimum atomic E-state index is -3.65. The van der Waals surface area contributed by atoms with Crippen LogP contribution in [0.5, 0.6) is 0 Å². The van der Waals surface area contributed by atoms with Gasteiger partial charge in [0.2, 0.25) is 9.84 Å². The Bertz CT molecular complexity index is 784. The number of hydrogen-bond acceptors (Lipinski definition) is 6. The zero-order chi connectivity index (χ0) is 18.4. The van der Waals surface area contributed by atoms with E-state index in [0.717, 1.165) is 0 Å². The Morgan fingerprint density at radius 3 is 1.32 bits per heavy atom. The molecule has 0 N–H and O–H groups in total. The van der Waals surface area contributed by atoms with Crippen molar-refractivity contribution in [2.24, 2.45) is 0 Å². The van der Waals surface area contributed by atoms with E-state index in [1.165, 1.54) is 38.1 Å². The first-order chi connectivity index (χ1) is 11.8. The average Bonchev–Trinajstić information content (AvgIpc) is 2.59. The van der Waals surface area contributed by atoms with Gasteiger partial charge in [-0.3, -0.25) is 9.59 Å². The molecule has 0 spiro atoms. The van der Waals surface area contributed by atoms with Gasteiger partial charge in [0.1, 0.15) is 13.2 Å². The standard InChI is InChI=1S/C18H18O6S/c1-13(19)23-11-15-3-7-17(8-4-15)25(21,22)18-9-5-16(6-10-18)12-24-14(2)20/h3-10H,11-12H2,1-2H3. The van der Waals surface area contributed by atoms with Crippen molar-refractivity contribution >= 4 is 21.8 Å². The van der Waals surface area contributed by atoms with Crippen LogP contribution in [0, 0.1) is 0 Å². The van der Waals surface area contributed by atoms with E-state index in [1.807, 2.05) is 0 Å². The number of rotatable bonds is 6. The predicted molar refractivity (Wildman–Crippen MR) is 89.3 cm³/mol. The summed E-state index contributed by atoms with van der Waals surface area (Å²) in [5.74, 6) is -0.795. The van der Waals surface area contributed by atoms with Crippen LogP contribution in [0.4, 0.5) is 0 Å². The second-order valence-electron chi connectivity index (χ2n) is 5.35. The van der Waals surface area contributed by atoms with Gasteiger partial charge in [-0.25, -0.2) is 8.42 Å². The Hall–Kier alpha value is -2.67. The maximum absolute atomic E-state index is 12.6. The third-order valence-electron chi connectivity index (χ3n) is 3.35. The lowest BCUT2D eigenvalue weighted by Gasteiger charge is -2.08. The summed E-state index contributed by atoms with van der Waals surface area (Å²) in [5, 5.41) is 0. The van der Waals surface area contributed by atoms with E-state index in [9.17, 15) is 18.0 Å². The SMILES string of the molecule is CC(=O)OCc1ccc(S(=O)(=O)c2ccc(COC(C)=O)cc2)cc1. The van der Waals surface area contributed by atoms with Crippen LogP contribution in [-0.4, -0.2) is 20.4 Å². The van der Waals surface area contributed by atoms with Crippen LogP contribution < -0.4 is 0 Å². The molecule has 0 aliphatic rings. The molecule has 0 amide bonds. The molecule has 6 nitrogen and oxygen atoms in total. The number of benzene rings is 2. The van der Waals surface area contributed by atoms with Crippen molar-refractivity contribution in [2.75, 3.05) is 0 Å². The first-order valence-electron chi connectivity index (χ1n) is 7.49. The molecule has 2 rings (SSSR count). The molecule has 0 atom stereocenters. The summed E-state index contributed by atoms with van der Waals surface area (Å²) in [6, 6.07) is 12.3. The van der Waals surface area contributed by atoms with Crippen LogP contribution in [0.3, 0.4) is 0 Å². The number of sulfone groups is 1. The predicted octanol–water partition coefficient (Wildman–Crippen LogP) is 2.65. The number of carbonyl (C=O) groups excluding carboxylic acids is 2. The van der Waals surface area contributed by atoms with E-state index in [2.05, 4.69) is 0 Å². The third kappa shape index (κ3) is 5.15. The molecule has 0 unspecified atom stereocenters. The van der Waals surface area contributed by atoms with Crippen molar-refractivity contribution in [3.63, 3.8) is 0 Å². The normalized spacial score (nSPS) is 11.0. The summed E-state index contributed by atoms with van der Waals surface area (Å²) in [4.78, 5) is 21.9. The van der Waals surface area contributed by atoms with Crippen molar-refractivity contribution in [1.82, 2.24) is 0 Å². The van der Waals surface area contributed by atoms with Gasteiger partial charge in [0.25, 0.3) is 0 Å². The molecule has 0 aliphatic carbocycles. The summed E-state index contributed by atoms with van der Waals surface area (Å²) in [6.07, 6.45) is 0. The van der Waals surface area contributed by atoms with Gasteiger partial charge in [-0.05, 0) is 35.4 Å². The van der Waals surface area contributed by atoms with Crippen molar-refractivity contribution in [1.29, 1.82) is 0 Å². The highest BCUT2D eigenvalue weighted by molar-refractivity contribution is 7.91. The topological polar surface area (TPSA) is 86.7 Å². The Morgan fingerprint density at radius 1 is 0.720 bits per heavy atom. The summed E-state index contributed by atoms with van der Waals surface area (Å²) in [7, 11) is -3.65. The highest BCUT2D eigenvalue weighted by Gasteiger charge is 2.17. The van der Waals surface area contributed by atoms with Crippen LogP contribution in [0.2, 0.25) is 0 Å². The van der Waals surface area contributed by atoms with Gasteiger partial charge in [0.15, 0.2) is 0 Å². The van der Waals surface area contributed by atoms with Crippen LogP contribution in [0.25, 0.3) is 0 Å². The molecule has 7 heteroatoms. The summed E-state index contributed by atoms with van der Waals surface area (Å²) in [6.45, 7) is 2.81. The Balaban J connectivity index is 2.14. The molecule has 0 aliphatic heterocycles. The second kappa shape index (κ2) is 7.94. The molecule has 0 saturated heterocycles. The molecule has 25 heavy (non-hydrogen) atoms. The first-order valence-corrected chi connectivity index (χ1v) is 8.97. The van der Waals surface area contributed by atoms with Gasteiger partial charge in [-0.15, -0.1) is 0 Å². The monoisotopic (exact) mass is 362 g/mol. The fourth-order valence-electron chi connectivity index (χ4n) is 2.04. The van der Waals surface area contributed by atoms with Crippen LogP contribution in [-0.2, 0) is 42.1 Å². The maximum atomic E-state index is 12.6. The minimum Gasteiger partial charge on any atom is -0.461 e. The molecule has 0 bridgehead atoms. The van der Waals surface area contributed by atoms with Gasteiger partial charge in [-0.2, -0.15) is 0 Å². The molecule has 0 saturated carbocycles. The smallest absolute Gasteiger partial charge is 0.302 e. The van der Waals surface area contributed by atoms with Crippen LogP contribution >= 0.6 is 0 Å². The van der Waals surface area contributed by atoms with E-state index < -0.39 is 21.8 Å². The average molecular weight is 362 g/mol. The number of esters is 2. The molecule has 0 fully saturated rings. The van der Waals surface area contributed by atoms with Gasteiger partial charge in [0.05, 0.1) is 9.79 Å². The van der Waals surface area contributed by atoms with Crippen LogP contribution in [0.15, 0.2) is 58.3 Å². The highest BCUT2D eigenvalue weighted by Crippen LogP contribution is 2.22. The van der Waals surface area contributed by atoms with E-state index in [-0.39, 0.29) is 23.0 Å². The summed E-state index contributed by atoms with van der Waals surface area (Å²) >= 11 is 0. The van der Waals surface area contributed by atoms with E-state index in [4.69, 9.17) is 9.47 Å². The zero-order valence-corrected chi connectivity index (χ0v) is 14.7. The van der Waals surface area contributed by atoms with Crippen LogP contribution in [0.1, 0.15) is 25.0 Å². The zero-order valence-electron chi connectivity index (χ0n) is 13.9. The van der Waals surface area contributed by atoms with Crippen molar-refractivity contribution in [3.05, 3.63) is 59.7 Å². The lowest BCUT2D eigenvalue weighted by Crippen LogP contribution is -2.04. The van der Waals surface area contributed by atoms with Crippen molar-refractivity contribution in [3.8, 4) is 0 Å². The van der Waals surface area contributed by atoms with Gasteiger partial charge in [0, 0.05) is 13.8 Å². The fraction of sp³-hybridized carbons (Fsp3) is 0.222. The molecule has 132 valence electrons. The largest absolute Gasteiger partial charge is 0.461 e. The van der Waals surface area contributed by atoms with E-state index in [1.54, 1.807) is 24.3 Å². The first kappa shape index (κ1) is 18.7. The molecule has 2 aromatic rings. The second-order valence-corrected chi connectivity index (χ2v) is 7.30. The van der Waals surface area contributed by atoms with Crippen molar-refractivity contribution < 1.29 is 27.5 Å². The molecule has 0 aromatic heterocycles.